The number of aromatic amines is 1. The van der Waals surface area contributed by atoms with Crippen LogP contribution < -0.4 is 4.74 Å². The van der Waals surface area contributed by atoms with Crippen molar-refractivity contribution in [1.82, 2.24) is 9.97 Å². The zero-order valence-corrected chi connectivity index (χ0v) is 20.0. The molecule has 0 fully saturated rings. The highest BCUT2D eigenvalue weighted by atomic mass is 19.4. The maximum atomic E-state index is 13.0. The van der Waals surface area contributed by atoms with Crippen LogP contribution in [0.5, 0.6) is 11.5 Å². The Labute approximate surface area is 213 Å². The van der Waals surface area contributed by atoms with Crippen molar-refractivity contribution in [2.75, 3.05) is 0 Å². The Kier molecular flexibility index (Phi) is 5.82. The van der Waals surface area contributed by atoms with Crippen LogP contribution in [0, 0.1) is 13.8 Å². The number of carbonyl (C=O) groups is 2. The van der Waals surface area contributed by atoms with Crippen LogP contribution in [0.2, 0.25) is 0 Å². The Bertz CT molecular complexity index is 1770. The van der Waals surface area contributed by atoms with Crippen molar-refractivity contribution in [2.24, 2.45) is 0 Å². The fourth-order valence-electron chi connectivity index (χ4n) is 4.26. The number of carboxylic acids is 1. The maximum absolute atomic E-state index is 13.0. The molecule has 0 aliphatic carbocycles. The lowest BCUT2D eigenvalue weighted by atomic mass is 9.98. The Balaban J connectivity index is 1.70. The number of carbonyl (C=O) groups excluding carboxylic acids is 1. The molecule has 0 atom stereocenters. The van der Waals surface area contributed by atoms with Gasteiger partial charge >= 0.3 is 18.1 Å². The zero-order valence-electron chi connectivity index (χ0n) is 20.0. The number of phenols is 1. The number of nitrogens with zero attached hydrogens (tertiary/aromatic N) is 1. The van der Waals surface area contributed by atoms with E-state index in [-0.39, 0.29) is 33.4 Å². The van der Waals surface area contributed by atoms with Crippen molar-refractivity contribution in [1.29, 1.82) is 0 Å². The Hall–Kier alpha value is -4.86. The van der Waals surface area contributed by atoms with E-state index in [1.807, 2.05) is 32.0 Å². The smallest absolute Gasteiger partial charge is 0.491 e. The van der Waals surface area contributed by atoms with Gasteiger partial charge in [-0.25, -0.2) is 14.6 Å². The van der Waals surface area contributed by atoms with Gasteiger partial charge in [-0.3, -0.25) is 0 Å². The molecule has 1 aromatic heterocycles. The van der Waals surface area contributed by atoms with Gasteiger partial charge in [0.1, 0.15) is 22.8 Å². The summed E-state index contributed by atoms with van der Waals surface area (Å²) in [6.45, 7) is 3.94. The lowest BCUT2D eigenvalue weighted by Gasteiger charge is -2.11. The zero-order chi connectivity index (χ0) is 27.4. The second-order valence-corrected chi connectivity index (χ2v) is 8.81. The normalized spacial score (nSPS) is 11.7. The number of para-hydroxylation sites is 1. The summed E-state index contributed by atoms with van der Waals surface area (Å²) in [5, 5.41) is 20.7. The van der Waals surface area contributed by atoms with Gasteiger partial charge in [-0.05, 0) is 60.2 Å². The molecule has 0 bridgehead atoms. The molecule has 0 unspecified atom stereocenters. The van der Waals surface area contributed by atoms with Crippen molar-refractivity contribution >= 4 is 33.7 Å². The minimum Gasteiger partial charge on any atom is -0.507 e. The van der Waals surface area contributed by atoms with Crippen molar-refractivity contribution in [3.05, 3.63) is 77.4 Å². The number of fused-ring (bicyclic) bond motifs is 3. The van der Waals surface area contributed by atoms with Gasteiger partial charge in [0.25, 0.3) is 0 Å². The molecule has 0 saturated carbocycles. The Morgan fingerprint density at radius 2 is 1.68 bits per heavy atom. The van der Waals surface area contributed by atoms with Gasteiger partial charge in [-0.2, -0.15) is 13.2 Å². The van der Waals surface area contributed by atoms with Crippen molar-refractivity contribution < 1.29 is 37.7 Å². The number of aromatic carboxylic acids is 1. The number of rotatable bonds is 4. The first kappa shape index (κ1) is 24.8. The summed E-state index contributed by atoms with van der Waals surface area (Å²) in [6.07, 6.45) is -5.29. The van der Waals surface area contributed by atoms with Crippen LogP contribution in [0.15, 0.2) is 60.7 Å². The Morgan fingerprint density at radius 3 is 2.37 bits per heavy atom. The molecule has 5 rings (SSSR count). The SMILES string of the molecule is Cc1ccc(-c2cccc(-c3nc4c(ccc5cc(C(=O)O)cc(OC(=O)C(F)(F)F)c54)[nH]3)c2O)cc1C. The van der Waals surface area contributed by atoms with Crippen LogP contribution in [0.4, 0.5) is 13.2 Å². The first-order chi connectivity index (χ1) is 17.9. The summed E-state index contributed by atoms with van der Waals surface area (Å²) < 4.78 is 43.5. The number of ether oxygens (including phenoxy) is 1. The second-order valence-electron chi connectivity index (χ2n) is 8.81. The van der Waals surface area contributed by atoms with Crippen LogP contribution in [0.25, 0.3) is 44.3 Å². The van der Waals surface area contributed by atoms with E-state index >= 15 is 0 Å². The summed E-state index contributed by atoms with van der Waals surface area (Å²) in [6, 6.07) is 16.0. The van der Waals surface area contributed by atoms with Crippen LogP contribution in [0.1, 0.15) is 21.5 Å². The van der Waals surface area contributed by atoms with E-state index in [1.54, 1.807) is 24.3 Å². The highest BCUT2D eigenvalue weighted by Crippen LogP contribution is 2.40. The summed E-state index contributed by atoms with van der Waals surface area (Å²) in [5.41, 5.74) is 3.97. The van der Waals surface area contributed by atoms with Crippen LogP contribution >= 0.6 is 0 Å². The van der Waals surface area contributed by atoms with E-state index in [1.165, 1.54) is 12.1 Å². The summed E-state index contributed by atoms with van der Waals surface area (Å²) in [5.74, 6) is -4.35. The summed E-state index contributed by atoms with van der Waals surface area (Å²) >= 11 is 0. The van der Waals surface area contributed by atoms with Crippen LogP contribution in [-0.2, 0) is 4.79 Å². The topological polar surface area (TPSA) is 113 Å². The molecule has 0 radical (unpaired) electrons. The first-order valence-corrected chi connectivity index (χ1v) is 11.3. The fourth-order valence-corrected chi connectivity index (χ4v) is 4.26. The van der Waals surface area contributed by atoms with Crippen molar-refractivity contribution in [3.63, 3.8) is 0 Å². The van der Waals surface area contributed by atoms with Gasteiger partial charge in [0, 0.05) is 5.56 Å². The fraction of sp³-hybridized carbons (Fsp3) is 0.107. The third kappa shape index (κ3) is 4.30. The number of phenolic OH excluding ortho intramolecular Hbond substituents is 1. The number of alkyl halides is 3. The number of H-pyrrole nitrogens is 1. The van der Waals surface area contributed by atoms with E-state index in [2.05, 4.69) is 14.7 Å². The van der Waals surface area contributed by atoms with E-state index in [0.717, 1.165) is 22.8 Å². The molecule has 5 aromatic rings. The number of carboxylic acid groups (broad SMARTS) is 1. The molecular weight excluding hydrogens is 501 g/mol. The van der Waals surface area contributed by atoms with Crippen molar-refractivity contribution in [3.8, 4) is 34.0 Å². The van der Waals surface area contributed by atoms with Gasteiger partial charge < -0.3 is 19.9 Å². The average molecular weight is 520 g/mol. The predicted molar refractivity (Wildman–Crippen MR) is 134 cm³/mol. The van der Waals surface area contributed by atoms with E-state index in [0.29, 0.717) is 16.6 Å². The van der Waals surface area contributed by atoms with Gasteiger partial charge in [0.15, 0.2) is 0 Å². The molecule has 0 aliphatic rings. The maximum Gasteiger partial charge on any atom is 0.491 e. The van der Waals surface area contributed by atoms with Gasteiger partial charge in [-0.1, -0.05) is 36.4 Å². The lowest BCUT2D eigenvalue weighted by molar-refractivity contribution is -0.189. The molecule has 4 aromatic carbocycles. The van der Waals surface area contributed by atoms with Crippen molar-refractivity contribution in [2.45, 2.75) is 20.0 Å². The molecular formula is C28H19F3N2O5. The molecule has 0 aliphatic heterocycles. The molecule has 0 spiro atoms. The molecule has 38 heavy (non-hydrogen) atoms. The minimum atomic E-state index is -5.29. The van der Waals surface area contributed by atoms with E-state index < -0.39 is 23.9 Å². The van der Waals surface area contributed by atoms with Gasteiger partial charge in [0.05, 0.1) is 22.0 Å². The van der Waals surface area contributed by atoms with Gasteiger partial charge in [0.2, 0.25) is 0 Å². The Morgan fingerprint density at radius 1 is 0.947 bits per heavy atom. The van der Waals surface area contributed by atoms with E-state index in [4.69, 9.17) is 0 Å². The third-order valence-electron chi connectivity index (χ3n) is 6.32. The van der Waals surface area contributed by atoms with Crippen LogP contribution in [0.3, 0.4) is 0 Å². The number of benzene rings is 4. The second kappa shape index (κ2) is 8.91. The average Bonchev–Trinajstić information content (AvgIpc) is 3.29. The highest BCUT2D eigenvalue weighted by Gasteiger charge is 2.41. The largest absolute Gasteiger partial charge is 0.507 e. The summed E-state index contributed by atoms with van der Waals surface area (Å²) in [4.78, 5) is 30.7. The van der Waals surface area contributed by atoms with Gasteiger partial charge in [-0.15, -0.1) is 0 Å². The molecule has 192 valence electrons. The number of halogens is 3. The standard InChI is InChI=1S/C28H19F3N2O5/c1-13-6-7-15(10-14(13)2)18-4-3-5-19(24(18)34)25-32-20-9-8-16-11-17(26(35)36)12-21(22(16)23(20)33-25)38-27(37)28(29,30)31/h3-12,34H,1-2H3,(H,32,33)(H,35,36). The predicted octanol–water partition coefficient (Wildman–Crippen LogP) is 6.54. The number of hydrogen-bond donors (Lipinski definition) is 3. The number of imidazole rings is 1. The summed E-state index contributed by atoms with van der Waals surface area (Å²) in [7, 11) is 0. The molecule has 7 nitrogen and oxygen atoms in total. The molecule has 0 saturated heterocycles. The number of aromatic hydroxyl groups is 1. The van der Waals surface area contributed by atoms with Crippen LogP contribution in [-0.4, -0.2) is 38.3 Å². The third-order valence-corrected chi connectivity index (χ3v) is 6.32. The molecule has 3 N–H and O–H groups in total. The van der Waals surface area contributed by atoms with E-state index in [9.17, 15) is 33.0 Å². The lowest BCUT2D eigenvalue weighted by Crippen LogP contribution is -2.28. The molecule has 1 heterocycles. The highest BCUT2D eigenvalue weighted by molar-refractivity contribution is 6.11. The minimum absolute atomic E-state index is 0.0115. The monoisotopic (exact) mass is 520 g/mol. The number of esters is 1. The number of nitrogens with one attached hydrogen (secondary N) is 1. The number of aromatic nitrogens is 2. The first-order valence-electron chi connectivity index (χ1n) is 11.3. The number of aryl methyl sites for hydroxylation is 2. The molecule has 0 amide bonds. The molecule has 10 heteroatoms. The number of hydrogen-bond acceptors (Lipinski definition) is 5. The quantitative estimate of drug-likeness (QED) is 0.183.